The normalized spacial score (nSPS) is 13.9. The van der Waals surface area contributed by atoms with Gasteiger partial charge in [-0.3, -0.25) is 15.2 Å². The van der Waals surface area contributed by atoms with Crippen molar-refractivity contribution in [1.29, 1.82) is 0 Å². The maximum Gasteiger partial charge on any atom is 0.280 e. The first kappa shape index (κ1) is 17.8. The summed E-state index contributed by atoms with van der Waals surface area (Å²) in [5.74, 6) is -0.398. The van der Waals surface area contributed by atoms with Gasteiger partial charge in [0.25, 0.3) is 5.91 Å². The van der Waals surface area contributed by atoms with E-state index < -0.39 is 0 Å². The van der Waals surface area contributed by atoms with Crippen molar-refractivity contribution in [3.05, 3.63) is 60.5 Å². The zero-order valence-corrected chi connectivity index (χ0v) is 16.8. The Kier molecular flexibility index (Phi) is 4.77. The van der Waals surface area contributed by atoms with E-state index in [1.807, 2.05) is 23.6 Å². The molecule has 4 rings (SSSR count). The van der Waals surface area contributed by atoms with E-state index in [-0.39, 0.29) is 11.8 Å². The number of allylic oxidation sites excluding steroid dienone is 1. The Morgan fingerprint density at radius 2 is 2.22 bits per heavy atom. The highest BCUT2D eigenvalue weighted by Gasteiger charge is 2.18. The van der Waals surface area contributed by atoms with Crippen molar-refractivity contribution in [2.45, 2.75) is 13.3 Å². The number of hydrogen-bond acceptors (Lipinski definition) is 6. The lowest BCUT2D eigenvalue weighted by atomic mass is 10.0. The summed E-state index contributed by atoms with van der Waals surface area (Å²) in [5, 5.41) is 12.4. The van der Waals surface area contributed by atoms with E-state index in [0.717, 1.165) is 23.2 Å². The van der Waals surface area contributed by atoms with E-state index in [1.54, 1.807) is 18.3 Å². The molecule has 2 aromatic heterocycles. The number of para-hydroxylation sites is 1. The second-order valence-electron chi connectivity index (χ2n) is 5.83. The van der Waals surface area contributed by atoms with Gasteiger partial charge in [-0.2, -0.15) is 4.68 Å². The van der Waals surface area contributed by atoms with E-state index in [2.05, 4.69) is 23.4 Å². The minimum absolute atomic E-state index is 0.0871. The van der Waals surface area contributed by atoms with Crippen molar-refractivity contribution in [3.63, 3.8) is 0 Å². The number of aromatic hydroxyl groups is 1. The monoisotopic (exact) mass is 413 g/mol. The third-order valence-corrected chi connectivity index (χ3v) is 6.38. The van der Waals surface area contributed by atoms with E-state index in [0.29, 0.717) is 13.7 Å². The molecule has 0 unspecified atom stereocenters. The van der Waals surface area contributed by atoms with Crippen LogP contribution in [0.3, 0.4) is 0 Å². The summed E-state index contributed by atoms with van der Waals surface area (Å²) in [4.78, 5) is 17.9. The molecular formula is C19H15N3O2S3. The SMILES string of the molecule is CCc1cccc2c1N=CC2=Cc1sc(=S)n(NC(=O)c2cccs2)c1O. The Bertz CT molecular complexity index is 1140. The van der Waals surface area contributed by atoms with Gasteiger partial charge in [0.05, 0.1) is 15.4 Å². The van der Waals surface area contributed by atoms with Gasteiger partial charge in [-0.05, 0) is 41.7 Å². The van der Waals surface area contributed by atoms with Crippen LogP contribution in [0, 0.1) is 3.95 Å². The second-order valence-corrected chi connectivity index (χ2v) is 8.46. The zero-order valence-electron chi connectivity index (χ0n) is 14.3. The van der Waals surface area contributed by atoms with Crippen LogP contribution < -0.4 is 5.43 Å². The van der Waals surface area contributed by atoms with Crippen molar-refractivity contribution < 1.29 is 9.90 Å². The number of fused-ring (bicyclic) bond motifs is 1. The Hall–Kier alpha value is -2.55. The third-order valence-electron chi connectivity index (χ3n) is 4.20. The Balaban J connectivity index is 1.68. The van der Waals surface area contributed by atoms with Crippen LogP contribution in [0.2, 0.25) is 0 Å². The van der Waals surface area contributed by atoms with Crippen LogP contribution in [0.4, 0.5) is 5.69 Å². The lowest BCUT2D eigenvalue weighted by Gasteiger charge is -2.06. The Morgan fingerprint density at radius 1 is 1.37 bits per heavy atom. The predicted molar refractivity (Wildman–Crippen MR) is 115 cm³/mol. The molecule has 0 atom stereocenters. The molecule has 27 heavy (non-hydrogen) atoms. The number of hydrogen-bond donors (Lipinski definition) is 2. The number of carbonyl (C=O) groups excluding carboxylic acids is 1. The number of benzene rings is 1. The van der Waals surface area contributed by atoms with E-state index in [9.17, 15) is 9.90 Å². The van der Waals surface area contributed by atoms with Crippen molar-refractivity contribution in [2.24, 2.45) is 4.99 Å². The van der Waals surface area contributed by atoms with Gasteiger partial charge in [-0.25, -0.2) is 0 Å². The molecule has 0 spiro atoms. The highest BCUT2D eigenvalue weighted by Crippen LogP contribution is 2.37. The van der Waals surface area contributed by atoms with Crippen LogP contribution in [0.25, 0.3) is 11.6 Å². The largest absolute Gasteiger partial charge is 0.492 e. The Labute approximate surface area is 168 Å². The van der Waals surface area contributed by atoms with Gasteiger partial charge in [-0.1, -0.05) is 42.5 Å². The fourth-order valence-corrected chi connectivity index (χ4v) is 4.66. The quantitative estimate of drug-likeness (QED) is 0.574. The summed E-state index contributed by atoms with van der Waals surface area (Å²) in [7, 11) is 0. The summed E-state index contributed by atoms with van der Waals surface area (Å²) >= 11 is 7.87. The number of nitrogens with zero attached hydrogens (tertiary/aromatic N) is 2. The fraction of sp³-hybridized carbons (Fsp3) is 0.105. The number of rotatable bonds is 4. The van der Waals surface area contributed by atoms with Gasteiger partial charge in [0, 0.05) is 17.4 Å². The number of aryl methyl sites for hydroxylation is 1. The van der Waals surface area contributed by atoms with Gasteiger partial charge in [0.15, 0.2) is 3.95 Å². The molecule has 1 amide bonds. The number of thiazole rings is 1. The van der Waals surface area contributed by atoms with Crippen LogP contribution in [0.5, 0.6) is 5.88 Å². The molecule has 1 aromatic carbocycles. The second kappa shape index (κ2) is 7.22. The molecule has 0 bridgehead atoms. The minimum Gasteiger partial charge on any atom is -0.492 e. The number of amides is 1. The van der Waals surface area contributed by atoms with Gasteiger partial charge >= 0.3 is 0 Å². The van der Waals surface area contributed by atoms with Gasteiger partial charge < -0.3 is 5.11 Å². The van der Waals surface area contributed by atoms with Gasteiger partial charge in [-0.15, -0.1) is 11.3 Å². The molecule has 0 saturated carbocycles. The van der Waals surface area contributed by atoms with E-state index in [4.69, 9.17) is 12.2 Å². The first-order valence-corrected chi connectivity index (χ1v) is 10.4. The van der Waals surface area contributed by atoms with Crippen LogP contribution in [0.15, 0.2) is 40.7 Å². The predicted octanol–water partition coefficient (Wildman–Crippen LogP) is 5.25. The summed E-state index contributed by atoms with van der Waals surface area (Å²) in [6, 6.07) is 9.60. The number of carbonyl (C=O) groups is 1. The van der Waals surface area contributed by atoms with Crippen molar-refractivity contribution in [3.8, 4) is 5.88 Å². The van der Waals surface area contributed by atoms with Crippen molar-refractivity contribution >= 4 is 64.3 Å². The number of nitrogens with one attached hydrogen (secondary N) is 1. The summed E-state index contributed by atoms with van der Waals surface area (Å²) < 4.78 is 1.60. The summed E-state index contributed by atoms with van der Waals surface area (Å²) in [5.41, 5.74) is 6.74. The van der Waals surface area contributed by atoms with Crippen molar-refractivity contribution in [2.75, 3.05) is 5.43 Å². The van der Waals surface area contributed by atoms with Crippen LogP contribution in [0.1, 0.15) is 32.6 Å². The van der Waals surface area contributed by atoms with Crippen LogP contribution in [-0.2, 0) is 6.42 Å². The molecule has 1 aliphatic rings. The zero-order chi connectivity index (χ0) is 19.0. The summed E-state index contributed by atoms with van der Waals surface area (Å²) in [6.07, 6.45) is 4.54. The molecule has 1 aliphatic heterocycles. The lowest BCUT2D eigenvalue weighted by molar-refractivity contribution is 0.101. The molecule has 5 nitrogen and oxygen atoms in total. The maximum absolute atomic E-state index is 12.3. The minimum atomic E-state index is -0.311. The molecule has 0 fully saturated rings. The number of aromatic nitrogens is 1. The summed E-state index contributed by atoms with van der Waals surface area (Å²) in [6.45, 7) is 2.10. The van der Waals surface area contributed by atoms with Gasteiger partial charge in [0.2, 0.25) is 5.88 Å². The average molecular weight is 414 g/mol. The van der Waals surface area contributed by atoms with Crippen LogP contribution >= 0.6 is 34.9 Å². The molecule has 136 valence electrons. The lowest BCUT2D eigenvalue weighted by Crippen LogP contribution is -2.21. The first-order chi connectivity index (χ1) is 13.1. The van der Waals surface area contributed by atoms with Gasteiger partial charge in [0.1, 0.15) is 0 Å². The average Bonchev–Trinajstić information content (AvgIpc) is 3.39. The highest BCUT2D eigenvalue weighted by molar-refractivity contribution is 7.73. The first-order valence-electron chi connectivity index (χ1n) is 8.26. The fourth-order valence-electron chi connectivity index (χ4n) is 2.86. The molecule has 8 heteroatoms. The highest BCUT2D eigenvalue weighted by atomic mass is 32.1. The van der Waals surface area contributed by atoms with Crippen LogP contribution in [-0.4, -0.2) is 21.9 Å². The topological polar surface area (TPSA) is 66.6 Å². The van der Waals surface area contributed by atoms with E-state index in [1.165, 1.54) is 32.9 Å². The van der Waals surface area contributed by atoms with Crippen molar-refractivity contribution in [1.82, 2.24) is 4.68 Å². The maximum atomic E-state index is 12.3. The third kappa shape index (κ3) is 3.27. The number of thiophene rings is 1. The molecule has 0 aliphatic carbocycles. The smallest absolute Gasteiger partial charge is 0.280 e. The van der Waals surface area contributed by atoms with E-state index >= 15 is 0 Å². The molecule has 0 saturated heterocycles. The molecule has 3 heterocycles. The molecular weight excluding hydrogens is 398 g/mol. The molecule has 2 N–H and O–H groups in total. The standard InChI is InChI=1S/C19H15N3O2S3/c1-2-11-5-3-6-13-12(10-20-16(11)13)9-15-18(24)22(19(25)27-15)21-17(23)14-7-4-8-26-14/h3-10,24H,2H2,1H3,(H,21,23). The molecule has 3 aromatic rings. The Morgan fingerprint density at radius 3 is 2.96 bits per heavy atom. The number of aliphatic imine (C=N–C) groups is 1. The molecule has 0 radical (unpaired) electrons.